The number of hydrogen-bond donors (Lipinski definition) is 2. The zero-order valence-electron chi connectivity index (χ0n) is 15.4. The summed E-state index contributed by atoms with van der Waals surface area (Å²) in [5, 5.41) is 7.58. The Bertz CT molecular complexity index is 711. The third-order valence-electron chi connectivity index (χ3n) is 4.78. The molecule has 0 unspecified atom stereocenters. The van der Waals surface area contributed by atoms with Gasteiger partial charge in [-0.05, 0) is 25.0 Å². The van der Waals surface area contributed by atoms with E-state index in [1.54, 1.807) is 39.7 Å². The van der Waals surface area contributed by atoms with Crippen molar-refractivity contribution in [1.82, 2.24) is 10.7 Å². The number of benzene rings is 1. The fraction of sp³-hybridized carbons (Fsp3) is 0.474. The molecule has 0 radical (unpaired) electrons. The number of rotatable bonds is 6. The van der Waals surface area contributed by atoms with Gasteiger partial charge in [0.15, 0.2) is 11.5 Å². The van der Waals surface area contributed by atoms with Crippen molar-refractivity contribution in [1.29, 1.82) is 0 Å². The van der Waals surface area contributed by atoms with Gasteiger partial charge < -0.3 is 19.5 Å². The number of amides is 1. The van der Waals surface area contributed by atoms with Gasteiger partial charge in [-0.2, -0.15) is 5.10 Å². The van der Waals surface area contributed by atoms with Crippen LogP contribution in [0.1, 0.15) is 37.7 Å². The van der Waals surface area contributed by atoms with Crippen LogP contribution in [0.2, 0.25) is 0 Å². The highest BCUT2D eigenvalue weighted by molar-refractivity contribution is 6.31. The summed E-state index contributed by atoms with van der Waals surface area (Å²) in [5.74, 6) is 1.31. The van der Waals surface area contributed by atoms with Gasteiger partial charge in [-0.3, -0.25) is 4.79 Å². The molecule has 1 amide bonds. The second-order valence-electron chi connectivity index (χ2n) is 6.37. The van der Waals surface area contributed by atoms with Crippen LogP contribution in [0.5, 0.6) is 17.2 Å². The molecule has 7 heteroatoms. The molecule has 0 spiro atoms. The van der Waals surface area contributed by atoms with Crippen molar-refractivity contribution in [3.63, 3.8) is 0 Å². The van der Waals surface area contributed by atoms with Crippen molar-refractivity contribution in [2.24, 2.45) is 5.10 Å². The molecule has 0 atom stereocenters. The van der Waals surface area contributed by atoms with Crippen LogP contribution in [-0.4, -0.2) is 39.0 Å². The maximum Gasteiger partial charge on any atom is 0.275 e. The van der Waals surface area contributed by atoms with Crippen molar-refractivity contribution in [2.75, 3.05) is 21.3 Å². The first-order valence-corrected chi connectivity index (χ1v) is 8.83. The van der Waals surface area contributed by atoms with E-state index < -0.39 is 0 Å². The number of hydrogen-bond acceptors (Lipinski definition) is 6. The average molecular weight is 359 g/mol. The van der Waals surface area contributed by atoms with Gasteiger partial charge in [0.1, 0.15) is 5.71 Å². The molecule has 1 aromatic rings. The normalized spacial score (nSPS) is 19.1. The van der Waals surface area contributed by atoms with Gasteiger partial charge in [-0.25, -0.2) is 5.43 Å². The van der Waals surface area contributed by atoms with E-state index in [1.807, 2.05) is 0 Å². The molecular weight excluding hydrogens is 334 g/mol. The van der Waals surface area contributed by atoms with E-state index in [0.717, 1.165) is 18.4 Å². The standard InChI is InChI=1S/C19H25N3O4/c1-24-15-9-12(10-16(25-2)18(15)26-3)17-14(19(23)22-21-17)11-20-13-7-5-4-6-8-13/h9-11,13,20H,4-8H2,1-3H3,(H,22,23). The number of nitrogens with one attached hydrogen (secondary N) is 2. The summed E-state index contributed by atoms with van der Waals surface area (Å²) < 4.78 is 16.1. The Labute approximate surface area is 153 Å². The van der Waals surface area contributed by atoms with Gasteiger partial charge in [-0.15, -0.1) is 0 Å². The highest BCUT2D eigenvalue weighted by atomic mass is 16.5. The molecule has 1 aliphatic carbocycles. The van der Waals surface area contributed by atoms with E-state index in [-0.39, 0.29) is 5.91 Å². The van der Waals surface area contributed by atoms with Gasteiger partial charge in [0.05, 0.1) is 26.9 Å². The molecule has 140 valence electrons. The molecular formula is C19H25N3O4. The molecule has 3 rings (SSSR count). The Balaban J connectivity index is 1.90. The Morgan fingerprint density at radius 1 is 1.08 bits per heavy atom. The number of nitrogens with zero attached hydrogens (tertiary/aromatic N) is 1. The topological polar surface area (TPSA) is 81.2 Å². The first-order valence-electron chi connectivity index (χ1n) is 8.83. The Morgan fingerprint density at radius 3 is 2.31 bits per heavy atom. The number of ether oxygens (including phenoxy) is 3. The molecule has 2 aliphatic rings. The van der Waals surface area contributed by atoms with E-state index in [4.69, 9.17) is 14.2 Å². The SMILES string of the molecule is COc1cc(C2=NNC(=O)C2=CNC2CCCCC2)cc(OC)c1OC. The predicted molar refractivity (Wildman–Crippen MR) is 98.9 cm³/mol. The van der Waals surface area contributed by atoms with Crippen LogP contribution in [-0.2, 0) is 4.79 Å². The summed E-state index contributed by atoms with van der Waals surface area (Å²) in [4.78, 5) is 12.2. The van der Waals surface area contributed by atoms with Crippen molar-refractivity contribution >= 4 is 11.6 Å². The van der Waals surface area contributed by atoms with Crippen molar-refractivity contribution in [2.45, 2.75) is 38.1 Å². The van der Waals surface area contributed by atoms with E-state index in [9.17, 15) is 4.79 Å². The number of carbonyl (C=O) groups is 1. The number of carbonyl (C=O) groups excluding carboxylic acids is 1. The van der Waals surface area contributed by atoms with E-state index in [2.05, 4.69) is 15.8 Å². The zero-order chi connectivity index (χ0) is 18.5. The van der Waals surface area contributed by atoms with Crippen molar-refractivity contribution in [3.05, 3.63) is 29.5 Å². The Kier molecular flexibility index (Phi) is 5.65. The summed E-state index contributed by atoms with van der Waals surface area (Å²) in [7, 11) is 4.67. The summed E-state index contributed by atoms with van der Waals surface area (Å²) in [6.07, 6.45) is 7.76. The molecule has 7 nitrogen and oxygen atoms in total. The van der Waals surface area contributed by atoms with E-state index >= 15 is 0 Å². The molecule has 1 aliphatic heterocycles. The third kappa shape index (κ3) is 3.61. The van der Waals surface area contributed by atoms with E-state index in [0.29, 0.717) is 34.6 Å². The summed E-state index contributed by atoms with van der Waals surface area (Å²) >= 11 is 0. The second-order valence-corrected chi connectivity index (χ2v) is 6.37. The minimum absolute atomic E-state index is 0.225. The van der Waals surface area contributed by atoms with Gasteiger partial charge in [0, 0.05) is 17.8 Å². The molecule has 0 aromatic heterocycles. The van der Waals surface area contributed by atoms with Crippen molar-refractivity contribution in [3.8, 4) is 17.2 Å². The lowest BCUT2D eigenvalue weighted by Gasteiger charge is -2.22. The van der Waals surface area contributed by atoms with Gasteiger partial charge in [-0.1, -0.05) is 19.3 Å². The third-order valence-corrected chi connectivity index (χ3v) is 4.78. The average Bonchev–Trinajstić information content (AvgIpc) is 3.06. The lowest BCUT2D eigenvalue weighted by Crippen LogP contribution is -2.28. The molecule has 2 N–H and O–H groups in total. The lowest BCUT2D eigenvalue weighted by atomic mass is 9.95. The molecule has 1 heterocycles. The van der Waals surface area contributed by atoms with Crippen LogP contribution in [0, 0.1) is 0 Å². The van der Waals surface area contributed by atoms with Gasteiger partial charge >= 0.3 is 0 Å². The second kappa shape index (κ2) is 8.12. The molecule has 0 bridgehead atoms. The van der Waals surface area contributed by atoms with Crippen LogP contribution >= 0.6 is 0 Å². The maximum absolute atomic E-state index is 12.2. The molecule has 1 saturated carbocycles. The summed E-state index contributed by atoms with van der Waals surface area (Å²) in [6.45, 7) is 0. The molecule has 1 fully saturated rings. The molecule has 26 heavy (non-hydrogen) atoms. The van der Waals surface area contributed by atoms with Crippen LogP contribution in [0.15, 0.2) is 29.0 Å². The molecule has 0 saturated heterocycles. The smallest absolute Gasteiger partial charge is 0.275 e. The van der Waals surface area contributed by atoms with Crippen molar-refractivity contribution < 1.29 is 19.0 Å². The van der Waals surface area contributed by atoms with Crippen LogP contribution in [0.25, 0.3) is 0 Å². The quantitative estimate of drug-likeness (QED) is 0.762. The van der Waals surface area contributed by atoms with Gasteiger partial charge in [0.2, 0.25) is 5.75 Å². The Hall–Kier alpha value is -2.70. The van der Waals surface area contributed by atoms with Crippen LogP contribution in [0.3, 0.4) is 0 Å². The highest BCUT2D eigenvalue weighted by Gasteiger charge is 2.27. The first-order chi connectivity index (χ1) is 12.7. The predicted octanol–water partition coefficient (Wildman–Crippen LogP) is 2.35. The summed E-state index contributed by atoms with van der Waals surface area (Å²) in [5.41, 5.74) is 4.31. The number of hydrazone groups is 1. The van der Waals surface area contributed by atoms with E-state index in [1.165, 1.54) is 19.3 Å². The molecule has 1 aromatic carbocycles. The fourth-order valence-electron chi connectivity index (χ4n) is 3.38. The lowest BCUT2D eigenvalue weighted by molar-refractivity contribution is -0.116. The first kappa shape index (κ1) is 18.1. The monoisotopic (exact) mass is 359 g/mol. The fourth-order valence-corrected chi connectivity index (χ4v) is 3.38. The minimum atomic E-state index is -0.225. The Morgan fingerprint density at radius 2 is 1.73 bits per heavy atom. The number of methoxy groups -OCH3 is 3. The zero-order valence-corrected chi connectivity index (χ0v) is 15.4. The van der Waals surface area contributed by atoms with Gasteiger partial charge in [0.25, 0.3) is 5.91 Å². The summed E-state index contributed by atoms with van der Waals surface area (Å²) in [6, 6.07) is 3.98. The minimum Gasteiger partial charge on any atom is -0.493 e. The van der Waals surface area contributed by atoms with Crippen LogP contribution < -0.4 is 25.0 Å². The largest absolute Gasteiger partial charge is 0.493 e. The maximum atomic E-state index is 12.2. The highest BCUT2D eigenvalue weighted by Crippen LogP contribution is 2.39. The van der Waals surface area contributed by atoms with Crippen LogP contribution in [0.4, 0.5) is 0 Å².